The van der Waals surface area contributed by atoms with Gasteiger partial charge in [-0.1, -0.05) is 6.42 Å². The van der Waals surface area contributed by atoms with Crippen molar-refractivity contribution in [2.75, 3.05) is 7.11 Å². The van der Waals surface area contributed by atoms with Crippen LogP contribution in [0.2, 0.25) is 0 Å². The number of rotatable bonds is 3. The number of carbonyl (C=O) groups excluding carboxylic acids is 2. The molecule has 1 saturated carbocycles. The molecule has 0 aliphatic heterocycles. The molecule has 0 amide bonds. The highest BCUT2D eigenvalue weighted by atomic mass is 16.5. The summed E-state index contributed by atoms with van der Waals surface area (Å²) in [5.41, 5.74) is 0.537. The van der Waals surface area contributed by atoms with E-state index in [-0.39, 0.29) is 11.8 Å². The number of ether oxygens (including phenoxy) is 2. The van der Waals surface area contributed by atoms with Gasteiger partial charge in [0.1, 0.15) is 11.8 Å². The number of carbonyl (C=O) groups is 2. The molecule has 0 atom stereocenters. The van der Waals surface area contributed by atoms with Gasteiger partial charge >= 0.3 is 11.9 Å². The van der Waals surface area contributed by atoms with Crippen molar-refractivity contribution in [3.63, 3.8) is 0 Å². The summed E-state index contributed by atoms with van der Waals surface area (Å²) < 4.78 is 9.95. The summed E-state index contributed by atoms with van der Waals surface area (Å²) in [6.07, 6.45) is 6.59. The van der Waals surface area contributed by atoms with Gasteiger partial charge in [-0.25, -0.2) is 14.6 Å². The van der Waals surface area contributed by atoms with Crippen LogP contribution in [0.1, 0.15) is 53.0 Å². The maximum atomic E-state index is 11.9. The Hall–Kier alpha value is -1.91. The fourth-order valence-electron chi connectivity index (χ4n) is 2.15. The zero-order valence-corrected chi connectivity index (χ0v) is 10.9. The van der Waals surface area contributed by atoms with Gasteiger partial charge in [-0.15, -0.1) is 0 Å². The lowest BCUT2D eigenvalue weighted by Gasteiger charge is -2.21. The van der Waals surface area contributed by atoms with Gasteiger partial charge in [0.15, 0.2) is 0 Å². The first-order valence-corrected chi connectivity index (χ1v) is 6.46. The summed E-state index contributed by atoms with van der Waals surface area (Å²) in [6.45, 7) is 0. The second-order valence-corrected chi connectivity index (χ2v) is 4.59. The predicted molar refractivity (Wildman–Crippen MR) is 67.9 cm³/mol. The smallest absolute Gasteiger partial charge is 0.357 e. The van der Waals surface area contributed by atoms with E-state index in [1.54, 1.807) is 0 Å². The van der Waals surface area contributed by atoms with Crippen molar-refractivity contribution in [2.45, 2.75) is 38.2 Å². The quantitative estimate of drug-likeness (QED) is 0.783. The summed E-state index contributed by atoms with van der Waals surface area (Å²) >= 11 is 0. The Kier molecular flexibility index (Phi) is 4.49. The minimum absolute atomic E-state index is 0.00309. The molecule has 5 nitrogen and oxygen atoms in total. The first kappa shape index (κ1) is 13.5. The molecule has 1 fully saturated rings. The van der Waals surface area contributed by atoms with E-state index in [4.69, 9.17) is 4.74 Å². The maximum absolute atomic E-state index is 11.9. The molecule has 2 rings (SSSR count). The van der Waals surface area contributed by atoms with Gasteiger partial charge in [-0.05, 0) is 37.8 Å². The molecule has 1 aliphatic carbocycles. The number of hydrogen-bond acceptors (Lipinski definition) is 5. The minimum atomic E-state index is -0.473. The Morgan fingerprint density at radius 3 is 2.47 bits per heavy atom. The van der Waals surface area contributed by atoms with Gasteiger partial charge in [0.05, 0.1) is 12.7 Å². The molecule has 19 heavy (non-hydrogen) atoms. The highest BCUT2D eigenvalue weighted by molar-refractivity contribution is 5.91. The lowest BCUT2D eigenvalue weighted by Crippen LogP contribution is -2.21. The maximum Gasteiger partial charge on any atom is 0.357 e. The lowest BCUT2D eigenvalue weighted by atomic mass is 9.98. The van der Waals surface area contributed by atoms with E-state index in [2.05, 4.69) is 9.72 Å². The average Bonchev–Trinajstić information content (AvgIpc) is 2.47. The zero-order valence-electron chi connectivity index (χ0n) is 10.9. The summed E-state index contributed by atoms with van der Waals surface area (Å²) in [5.74, 6) is -0.900. The molecule has 0 unspecified atom stereocenters. The summed E-state index contributed by atoms with van der Waals surface area (Å²) in [6, 6.07) is 2.99. The minimum Gasteiger partial charge on any atom is -0.465 e. The van der Waals surface area contributed by atoms with Crippen molar-refractivity contribution >= 4 is 11.9 Å². The van der Waals surface area contributed by atoms with Crippen LogP contribution in [-0.2, 0) is 9.47 Å². The van der Waals surface area contributed by atoms with Crippen LogP contribution in [-0.4, -0.2) is 30.1 Å². The van der Waals surface area contributed by atoms with Gasteiger partial charge in [-0.2, -0.15) is 0 Å². The lowest BCUT2D eigenvalue weighted by molar-refractivity contribution is 0.0204. The predicted octanol–water partition coefficient (Wildman–Crippen LogP) is 2.36. The fraction of sp³-hybridized carbons (Fsp3) is 0.500. The Morgan fingerprint density at radius 1 is 1.16 bits per heavy atom. The number of hydrogen-bond donors (Lipinski definition) is 0. The first-order chi connectivity index (χ1) is 9.20. The van der Waals surface area contributed by atoms with Crippen LogP contribution in [0.25, 0.3) is 0 Å². The Morgan fingerprint density at radius 2 is 1.89 bits per heavy atom. The van der Waals surface area contributed by atoms with E-state index in [0.29, 0.717) is 5.56 Å². The SMILES string of the molecule is COC(=O)c1ccc(C(=O)OC2CCCCC2)nc1. The third-order valence-corrected chi connectivity index (χ3v) is 3.22. The normalized spacial score (nSPS) is 15.8. The van der Waals surface area contributed by atoms with Crippen LogP contribution >= 0.6 is 0 Å². The van der Waals surface area contributed by atoms with Crippen molar-refractivity contribution < 1.29 is 19.1 Å². The van der Waals surface area contributed by atoms with E-state index >= 15 is 0 Å². The van der Waals surface area contributed by atoms with Crippen molar-refractivity contribution in [3.8, 4) is 0 Å². The standard InChI is InChI=1S/C14H17NO4/c1-18-13(16)10-7-8-12(15-9-10)14(17)19-11-5-3-2-4-6-11/h7-9,11H,2-6H2,1H3. The third kappa shape index (κ3) is 3.53. The molecule has 0 aromatic carbocycles. The summed E-state index contributed by atoms with van der Waals surface area (Å²) in [5, 5.41) is 0. The average molecular weight is 263 g/mol. The molecule has 102 valence electrons. The van der Waals surface area contributed by atoms with Crippen molar-refractivity contribution in [2.24, 2.45) is 0 Å². The van der Waals surface area contributed by atoms with Gasteiger partial charge in [0.2, 0.25) is 0 Å². The molecule has 0 bridgehead atoms. The third-order valence-electron chi connectivity index (χ3n) is 3.22. The van der Waals surface area contributed by atoms with Crippen molar-refractivity contribution in [3.05, 3.63) is 29.6 Å². The Bertz CT molecular complexity index is 449. The largest absolute Gasteiger partial charge is 0.465 e. The zero-order chi connectivity index (χ0) is 13.7. The van der Waals surface area contributed by atoms with Crippen LogP contribution in [0.15, 0.2) is 18.3 Å². The molecule has 0 radical (unpaired) electrons. The van der Waals surface area contributed by atoms with Gasteiger partial charge in [0, 0.05) is 6.20 Å². The van der Waals surface area contributed by atoms with E-state index < -0.39 is 11.9 Å². The van der Waals surface area contributed by atoms with Crippen LogP contribution in [0.3, 0.4) is 0 Å². The van der Waals surface area contributed by atoms with E-state index in [1.807, 2.05) is 0 Å². The Labute approximate surface area is 111 Å². The molecule has 1 aromatic rings. The summed E-state index contributed by atoms with van der Waals surface area (Å²) in [4.78, 5) is 27.0. The highest BCUT2D eigenvalue weighted by Crippen LogP contribution is 2.21. The molecule has 0 spiro atoms. The number of nitrogens with zero attached hydrogens (tertiary/aromatic N) is 1. The number of methoxy groups -OCH3 is 1. The first-order valence-electron chi connectivity index (χ1n) is 6.46. The van der Waals surface area contributed by atoms with E-state index in [1.165, 1.54) is 31.9 Å². The number of pyridine rings is 1. The molecule has 1 heterocycles. The Balaban J connectivity index is 1.97. The molecular formula is C14H17NO4. The van der Waals surface area contributed by atoms with Crippen LogP contribution < -0.4 is 0 Å². The topological polar surface area (TPSA) is 65.5 Å². The molecular weight excluding hydrogens is 246 g/mol. The molecule has 0 N–H and O–H groups in total. The second-order valence-electron chi connectivity index (χ2n) is 4.59. The number of aromatic nitrogens is 1. The van der Waals surface area contributed by atoms with Crippen LogP contribution in [0.4, 0.5) is 0 Å². The molecule has 0 saturated heterocycles. The van der Waals surface area contributed by atoms with Crippen molar-refractivity contribution in [1.82, 2.24) is 4.98 Å². The van der Waals surface area contributed by atoms with E-state index in [0.717, 1.165) is 25.7 Å². The van der Waals surface area contributed by atoms with Crippen LogP contribution in [0.5, 0.6) is 0 Å². The van der Waals surface area contributed by atoms with Gasteiger partial charge in [-0.3, -0.25) is 0 Å². The van der Waals surface area contributed by atoms with Crippen LogP contribution in [0, 0.1) is 0 Å². The van der Waals surface area contributed by atoms with E-state index in [9.17, 15) is 9.59 Å². The van der Waals surface area contributed by atoms with Gasteiger partial charge in [0.25, 0.3) is 0 Å². The van der Waals surface area contributed by atoms with Gasteiger partial charge < -0.3 is 9.47 Å². The summed E-state index contributed by atoms with van der Waals surface area (Å²) in [7, 11) is 1.30. The molecule has 1 aromatic heterocycles. The van der Waals surface area contributed by atoms with Crippen molar-refractivity contribution in [1.29, 1.82) is 0 Å². The molecule has 5 heteroatoms. The second kappa shape index (κ2) is 6.31. The monoisotopic (exact) mass is 263 g/mol. The fourth-order valence-corrected chi connectivity index (χ4v) is 2.15. The molecule has 1 aliphatic rings. The number of esters is 2. The highest BCUT2D eigenvalue weighted by Gasteiger charge is 2.19.